The van der Waals surface area contributed by atoms with Crippen molar-refractivity contribution in [3.05, 3.63) is 194 Å². The van der Waals surface area contributed by atoms with Crippen LogP contribution in [0.15, 0.2) is 203 Å². The van der Waals surface area contributed by atoms with Crippen molar-refractivity contribution >= 4 is 93.5 Å². The van der Waals surface area contributed by atoms with Crippen molar-refractivity contribution < 1.29 is 8.83 Å². The van der Waals surface area contributed by atoms with E-state index in [9.17, 15) is 0 Å². The maximum absolute atomic E-state index is 7.07. The van der Waals surface area contributed by atoms with Gasteiger partial charge in [-0.25, -0.2) is 0 Å². The Kier molecular flexibility index (Phi) is 6.60. The number of anilines is 3. The third kappa shape index (κ3) is 4.53. The van der Waals surface area contributed by atoms with E-state index in [4.69, 9.17) is 8.83 Å². The maximum atomic E-state index is 7.07. The van der Waals surface area contributed by atoms with E-state index < -0.39 is 0 Å². The van der Waals surface area contributed by atoms with Gasteiger partial charge in [0.25, 0.3) is 0 Å². The van der Waals surface area contributed by atoms with Gasteiger partial charge in [0.1, 0.15) is 11.2 Å². The highest BCUT2D eigenvalue weighted by atomic mass is 16.3. The van der Waals surface area contributed by atoms with Gasteiger partial charge < -0.3 is 13.7 Å². The van der Waals surface area contributed by atoms with E-state index in [-0.39, 0.29) is 0 Å². The van der Waals surface area contributed by atoms with Gasteiger partial charge in [0.2, 0.25) is 5.71 Å². The summed E-state index contributed by atoms with van der Waals surface area (Å²) in [5.41, 5.74) is 10.9. The summed E-state index contributed by atoms with van der Waals surface area (Å²) in [6, 6.07) is 68.8. The van der Waals surface area contributed by atoms with Gasteiger partial charge in [-0.1, -0.05) is 140 Å². The zero-order valence-corrected chi connectivity index (χ0v) is 30.2. The predicted octanol–water partition coefficient (Wildman–Crippen LogP) is 14.9. The number of aromatic nitrogens is 1. The lowest BCUT2D eigenvalue weighted by Gasteiger charge is -2.25. The molecule has 0 saturated heterocycles. The van der Waals surface area contributed by atoms with Gasteiger partial charge in [0.15, 0.2) is 5.58 Å². The van der Waals surface area contributed by atoms with Gasteiger partial charge in [0, 0.05) is 38.7 Å². The summed E-state index contributed by atoms with van der Waals surface area (Å²) in [5, 5.41) is 10.4. The van der Waals surface area contributed by atoms with Crippen LogP contribution >= 0.6 is 0 Å². The van der Waals surface area contributed by atoms with Crippen molar-refractivity contribution in [1.82, 2.24) is 4.57 Å². The van der Waals surface area contributed by atoms with E-state index in [1.807, 2.05) is 12.1 Å². The smallest absolute Gasteiger partial charge is 0.213 e. The molecule has 12 aromatic rings. The minimum absolute atomic E-state index is 0.819. The summed E-state index contributed by atoms with van der Waals surface area (Å²) in [6.07, 6.45) is 0. The lowest BCUT2D eigenvalue weighted by atomic mass is 10.00. The first-order valence-corrected chi connectivity index (χ1v) is 19.0. The summed E-state index contributed by atoms with van der Waals surface area (Å²) in [5.74, 6) is 0. The fraction of sp³-hybridized carbons (Fsp3) is 0. The van der Waals surface area contributed by atoms with Crippen LogP contribution in [0, 0.1) is 0 Å². The molecule has 0 aliphatic carbocycles. The van der Waals surface area contributed by atoms with Crippen molar-refractivity contribution in [2.45, 2.75) is 0 Å². The lowest BCUT2D eigenvalue weighted by Crippen LogP contribution is -2.10. The van der Waals surface area contributed by atoms with Gasteiger partial charge in [-0.05, 0) is 75.8 Å². The zero-order valence-electron chi connectivity index (χ0n) is 30.2. The van der Waals surface area contributed by atoms with Crippen LogP contribution in [-0.2, 0) is 0 Å². The minimum Gasteiger partial charge on any atom is -0.454 e. The van der Waals surface area contributed by atoms with Gasteiger partial charge in [0.05, 0.1) is 28.0 Å². The van der Waals surface area contributed by atoms with E-state index in [0.717, 1.165) is 83.2 Å². The molecule has 0 aliphatic rings. The normalized spacial score (nSPS) is 11.9. The fourth-order valence-corrected chi connectivity index (χ4v) is 8.85. The second-order valence-corrected chi connectivity index (χ2v) is 14.5. The van der Waals surface area contributed by atoms with Crippen LogP contribution in [0.4, 0.5) is 17.1 Å². The Morgan fingerprint density at radius 1 is 0.393 bits per heavy atom. The molecule has 4 nitrogen and oxygen atoms in total. The summed E-state index contributed by atoms with van der Waals surface area (Å²) in [4.78, 5) is 2.29. The molecule has 0 amide bonds. The quantitative estimate of drug-likeness (QED) is 0.166. The number of furan rings is 2. The van der Waals surface area contributed by atoms with E-state index in [2.05, 4.69) is 191 Å². The second kappa shape index (κ2) is 12.0. The summed E-state index contributed by atoms with van der Waals surface area (Å²) in [6.45, 7) is 0. The number of benzene rings is 9. The molecular weight excluding hydrogens is 685 g/mol. The number of fused-ring (bicyclic) bond motifs is 11. The first-order valence-electron chi connectivity index (χ1n) is 19.0. The van der Waals surface area contributed by atoms with Gasteiger partial charge in [-0.3, -0.25) is 4.57 Å². The van der Waals surface area contributed by atoms with Crippen LogP contribution in [0.5, 0.6) is 0 Å². The van der Waals surface area contributed by atoms with Crippen LogP contribution < -0.4 is 4.90 Å². The molecule has 262 valence electrons. The van der Waals surface area contributed by atoms with Crippen molar-refractivity contribution in [3.8, 4) is 16.8 Å². The Morgan fingerprint density at radius 3 is 1.91 bits per heavy atom. The number of hydrogen-bond donors (Lipinski definition) is 0. The zero-order chi connectivity index (χ0) is 36.7. The molecule has 0 atom stereocenters. The molecule has 3 aromatic heterocycles. The molecule has 4 heteroatoms. The molecule has 56 heavy (non-hydrogen) atoms. The molecule has 0 radical (unpaired) electrons. The molecule has 3 heterocycles. The molecule has 0 bridgehead atoms. The molecule has 0 unspecified atom stereocenters. The average Bonchev–Trinajstić information content (AvgIpc) is 3.93. The van der Waals surface area contributed by atoms with Gasteiger partial charge in [-0.15, -0.1) is 0 Å². The number of hydrogen-bond acceptors (Lipinski definition) is 3. The van der Waals surface area contributed by atoms with E-state index in [1.165, 1.54) is 27.1 Å². The second-order valence-electron chi connectivity index (χ2n) is 14.5. The lowest BCUT2D eigenvalue weighted by molar-refractivity contribution is 0.646. The van der Waals surface area contributed by atoms with Crippen LogP contribution in [-0.4, -0.2) is 4.57 Å². The standard InChI is InChI=1S/C52H32N2O2/c1-2-13-33(14-3-1)34-25-27-36(28-26-34)53(46-23-12-21-42-41-19-9-11-24-48(41)55-51(42)46)37-29-30-44-49(32-37)56-52-50(44)43-20-8-10-22-45(43)54(52)47-31-35-15-4-5-16-38(35)39-17-6-7-18-40(39)47/h1-32H. The Morgan fingerprint density at radius 2 is 1.05 bits per heavy atom. The van der Waals surface area contributed by atoms with Crippen molar-refractivity contribution in [1.29, 1.82) is 0 Å². The molecule has 0 saturated carbocycles. The van der Waals surface area contributed by atoms with Crippen LogP contribution in [0.1, 0.15) is 0 Å². The molecule has 9 aromatic carbocycles. The van der Waals surface area contributed by atoms with Crippen molar-refractivity contribution in [2.24, 2.45) is 0 Å². The first kappa shape index (κ1) is 30.9. The van der Waals surface area contributed by atoms with Crippen LogP contribution in [0.2, 0.25) is 0 Å². The Hall–Kier alpha value is -7.56. The molecule has 0 aliphatic heterocycles. The van der Waals surface area contributed by atoms with E-state index in [1.54, 1.807) is 0 Å². The van der Waals surface area contributed by atoms with E-state index >= 15 is 0 Å². The number of nitrogens with zero attached hydrogens (tertiary/aromatic N) is 2. The monoisotopic (exact) mass is 716 g/mol. The Bertz CT molecular complexity index is 3480. The average molecular weight is 717 g/mol. The van der Waals surface area contributed by atoms with Gasteiger partial charge in [-0.2, -0.15) is 0 Å². The summed E-state index contributed by atoms with van der Waals surface area (Å²) >= 11 is 0. The Labute approximate surface area is 321 Å². The third-order valence-electron chi connectivity index (χ3n) is 11.4. The first-order chi connectivity index (χ1) is 27.8. The molecule has 0 N–H and O–H groups in total. The Balaban J connectivity index is 1.10. The topological polar surface area (TPSA) is 34.5 Å². The SMILES string of the molecule is c1ccc(-c2ccc(N(c3ccc4c(c3)oc3c4c4ccccc4n3-c3cc4ccccc4c4ccccc34)c3cccc4c3oc3ccccc34)cc2)cc1. The van der Waals surface area contributed by atoms with Crippen molar-refractivity contribution in [2.75, 3.05) is 4.90 Å². The molecule has 0 fully saturated rings. The van der Waals surface area contributed by atoms with E-state index in [0.29, 0.717) is 0 Å². The largest absolute Gasteiger partial charge is 0.454 e. The highest BCUT2D eigenvalue weighted by molar-refractivity contribution is 6.22. The van der Waals surface area contributed by atoms with Crippen LogP contribution in [0.3, 0.4) is 0 Å². The van der Waals surface area contributed by atoms with Crippen molar-refractivity contribution in [3.63, 3.8) is 0 Å². The third-order valence-corrected chi connectivity index (χ3v) is 11.4. The predicted molar refractivity (Wildman–Crippen MR) is 233 cm³/mol. The molecule has 0 spiro atoms. The van der Waals surface area contributed by atoms with Crippen LogP contribution in [0.25, 0.3) is 93.3 Å². The summed E-state index contributed by atoms with van der Waals surface area (Å²) in [7, 11) is 0. The highest BCUT2D eigenvalue weighted by Gasteiger charge is 2.24. The van der Waals surface area contributed by atoms with Gasteiger partial charge >= 0.3 is 0 Å². The maximum Gasteiger partial charge on any atom is 0.213 e. The fourth-order valence-electron chi connectivity index (χ4n) is 8.85. The highest BCUT2D eigenvalue weighted by Crippen LogP contribution is 2.46. The summed E-state index contributed by atoms with van der Waals surface area (Å²) < 4.78 is 16.0. The molecule has 12 rings (SSSR count). The molecular formula is C52H32N2O2. The number of rotatable bonds is 5. The minimum atomic E-state index is 0.819. The number of para-hydroxylation sites is 3.